The standard InChI is InChI=1S/C18H12BrClN2O3/c1-9-6-7-13(11(19)8-9)22-17(23)14-15(21-25-16(14)18(22)24)10-4-2-3-5-12(10)20/h2-8,14,16H,1H3/t14-,16+/m1/s1. The zero-order chi connectivity index (χ0) is 17.7. The third-order valence-electron chi connectivity index (χ3n) is 4.31. The Morgan fingerprint density at radius 1 is 1.16 bits per heavy atom. The van der Waals surface area contributed by atoms with Crippen molar-refractivity contribution in [3.8, 4) is 0 Å². The summed E-state index contributed by atoms with van der Waals surface area (Å²) in [6.45, 7) is 1.93. The van der Waals surface area contributed by atoms with Crippen molar-refractivity contribution in [2.24, 2.45) is 11.1 Å². The van der Waals surface area contributed by atoms with Gasteiger partial charge in [0.1, 0.15) is 11.6 Å². The predicted octanol–water partition coefficient (Wildman–Crippen LogP) is 3.70. The second kappa shape index (κ2) is 5.97. The van der Waals surface area contributed by atoms with Crippen LogP contribution in [0.3, 0.4) is 0 Å². The van der Waals surface area contributed by atoms with Crippen LogP contribution >= 0.6 is 27.5 Å². The van der Waals surface area contributed by atoms with Gasteiger partial charge >= 0.3 is 0 Å². The number of rotatable bonds is 2. The highest BCUT2D eigenvalue weighted by Gasteiger charge is 2.56. The summed E-state index contributed by atoms with van der Waals surface area (Å²) in [5.41, 5.74) is 2.50. The van der Waals surface area contributed by atoms with E-state index in [1.807, 2.05) is 19.1 Å². The summed E-state index contributed by atoms with van der Waals surface area (Å²) in [7, 11) is 0. The number of carbonyl (C=O) groups is 2. The van der Waals surface area contributed by atoms with Crippen molar-refractivity contribution in [2.75, 3.05) is 4.90 Å². The van der Waals surface area contributed by atoms with Crippen molar-refractivity contribution >= 4 is 50.7 Å². The van der Waals surface area contributed by atoms with E-state index in [1.54, 1.807) is 30.3 Å². The fourth-order valence-corrected chi connectivity index (χ4v) is 4.00. The first-order valence-electron chi connectivity index (χ1n) is 7.61. The van der Waals surface area contributed by atoms with Crippen LogP contribution < -0.4 is 4.90 Å². The largest absolute Gasteiger partial charge is 0.381 e. The van der Waals surface area contributed by atoms with Gasteiger partial charge in [-0.15, -0.1) is 0 Å². The Bertz CT molecular complexity index is 944. The van der Waals surface area contributed by atoms with Crippen LogP contribution in [0.15, 0.2) is 52.1 Å². The Balaban J connectivity index is 1.75. The number of benzene rings is 2. The number of halogens is 2. The maximum atomic E-state index is 13.0. The lowest BCUT2D eigenvalue weighted by atomic mass is 9.94. The third kappa shape index (κ3) is 2.48. The van der Waals surface area contributed by atoms with Crippen LogP contribution in [0.2, 0.25) is 5.02 Å². The number of fused-ring (bicyclic) bond motifs is 1. The summed E-state index contributed by atoms with van der Waals surface area (Å²) in [6, 6.07) is 12.5. The molecule has 2 aliphatic rings. The summed E-state index contributed by atoms with van der Waals surface area (Å²) < 4.78 is 0.672. The molecule has 2 aliphatic heterocycles. The Kier molecular flexibility index (Phi) is 3.89. The first kappa shape index (κ1) is 16.3. The molecule has 0 unspecified atom stereocenters. The smallest absolute Gasteiger partial charge is 0.279 e. The predicted molar refractivity (Wildman–Crippen MR) is 97.7 cm³/mol. The number of nitrogens with zero attached hydrogens (tertiary/aromatic N) is 2. The third-order valence-corrected chi connectivity index (χ3v) is 5.27. The van der Waals surface area contributed by atoms with E-state index >= 15 is 0 Å². The van der Waals surface area contributed by atoms with Crippen molar-refractivity contribution < 1.29 is 14.4 Å². The molecule has 2 aromatic rings. The van der Waals surface area contributed by atoms with Crippen LogP contribution in [0, 0.1) is 12.8 Å². The fourth-order valence-electron chi connectivity index (χ4n) is 3.10. The molecule has 0 aliphatic carbocycles. The molecule has 0 saturated carbocycles. The van der Waals surface area contributed by atoms with Crippen LogP contribution in [-0.4, -0.2) is 23.6 Å². The van der Waals surface area contributed by atoms with Gasteiger partial charge in [-0.2, -0.15) is 0 Å². The second-order valence-corrected chi connectivity index (χ2v) is 7.19. The van der Waals surface area contributed by atoms with Crippen LogP contribution in [0.25, 0.3) is 0 Å². The van der Waals surface area contributed by atoms with Gasteiger partial charge in [-0.3, -0.25) is 9.59 Å². The van der Waals surface area contributed by atoms with Gasteiger partial charge in [-0.05, 0) is 46.6 Å². The van der Waals surface area contributed by atoms with Gasteiger partial charge in [0.05, 0.1) is 5.69 Å². The van der Waals surface area contributed by atoms with E-state index in [4.69, 9.17) is 16.4 Å². The van der Waals surface area contributed by atoms with E-state index in [-0.39, 0.29) is 5.91 Å². The lowest BCUT2D eigenvalue weighted by Gasteiger charge is -2.17. The van der Waals surface area contributed by atoms with Gasteiger partial charge in [0, 0.05) is 15.1 Å². The van der Waals surface area contributed by atoms with Crippen LogP contribution in [0.1, 0.15) is 11.1 Å². The molecule has 7 heteroatoms. The summed E-state index contributed by atoms with van der Waals surface area (Å²) in [4.78, 5) is 32.2. The number of amides is 2. The zero-order valence-electron chi connectivity index (χ0n) is 13.1. The molecule has 0 N–H and O–H groups in total. The van der Waals surface area contributed by atoms with Crippen LogP contribution in [0.4, 0.5) is 5.69 Å². The highest BCUT2D eigenvalue weighted by atomic mass is 79.9. The van der Waals surface area contributed by atoms with Crippen molar-refractivity contribution in [3.63, 3.8) is 0 Å². The maximum absolute atomic E-state index is 13.0. The van der Waals surface area contributed by atoms with Gasteiger partial charge in [-0.1, -0.05) is 41.0 Å². The second-order valence-electron chi connectivity index (χ2n) is 5.93. The number of oxime groups is 1. The molecule has 1 saturated heterocycles. The number of carbonyl (C=O) groups excluding carboxylic acids is 2. The topological polar surface area (TPSA) is 59.0 Å². The number of hydrogen-bond acceptors (Lipinski definition) is 4. The van der Waals surface area contributed by atoms with Crippen molar-refractivity contribution in [3.05, 3.63) is 63.1 Å². The maximum Gasteiger partial charge on any atom is 0.279 e. The summed E-state index contributed by atoms with van der Waals surface area (Å²) in [5, 5.41) is 4.43. The lowest BCUT2D eigenvalue weighted by Crippen LogP contribution is -2.33. The Labute approximate surface area is 157 Å². The SMILES string of the molecule is Cc1ccc(N2C(=O)[C@@H]3C(c4ccccc4Cl)=NO[C@@H]3C2=O)c(Br)c1. The molecule has 0 radical (unpaired) electrons. The van der Waals surface area contributed by atoms with Crippen molar-refractivity contribution in [1.82, 2.24) is 0 Å². The Morgan fingerprint density at radius 3 is 2.64 bits per heavy atom. The summed E-state index contributed by atoms with van der Waals surface area (Å²) in [5.74, 6) is -1.58. The average molecular weight is 420 g/mol. The quantitative estimate of drug-likeness (QED) is 0.697. The minimum Gasteiger partial charge on any atom is -0.381 e. The molecular formula is C18H12BrClN2O3. The summed E-state index contributed by atoms with van der Waals surface area (Å²) >= 11 is 9.65. The molecule has 0 aromatic heterocycles. The number of anilines is 1. The molecule has 2 atom stereocenters. The molecule has 2 aromatic carbocycles. The highest BCUT2D eigenvalue weighted by molar-refractivity contribution is 9.10. The Hall–Kier alpha value is -2.18. The molecule has 1 fully saturated rings. The van der Waals surface area contributed by atoms with Crippen LogP contribution in [0.5, 0.6) is 0 Å². The number of hydrogen-bond donors (Lipinski definition) is 0. The zero-order valence-corrected chi connectivity index (χ0v) is 15.4. The first-order chi connectivity index (χ1) is 12.0. The molecule has 0 bridgehead atoms. The van der Waals surface area contributed by atoms with Crippen molar-refractivity contribution in [2.45, 2.75) is 13.0 Å². The van der Waals surface area contributed by atoms with Gasteiger partial charge in [0.25, 0.3) is 5.91 Å². The van der Waals surface area contributed by atoms with E-state index in [2.05, 4.69) is 21.1 Å². The molecular weight excluding hydrogens is 408 g/mol. The van der Waals surface area contributed by atoms with Gasteiger partial charge in [0.15, 0.2) is 0 Å². The summed E-state index contributed by atoms with van der Waals surface area (Å²) in [6.07, 6.45) is -0.952. The fraction of sp³-hybridized carbons (Fsp3) is 0.167. The van der Waals surface area contributed by atoms with Gasteiger partial charge in [-0.25, -0.2) is 4.90 Å². The number of aryl methyl sites for hydroxylation is 1. The lowest BCUT2D eigenvalue weighted by molar-refractivity contribution is -0.126. The van der Waals surface area contributed by atoms with Crippen molar-refractivity contribution in [1.29, 1.82) is 0 Å². The van der Waals surface area contributed by atoms with E-state index in [9.17, 15) is 9.59 Å². The van der Waals surface area contributed by atoms with Crippen LogP contribution in [-0.2, 0) is 14.4 Å². The normalized spacial score (nSPS) is 22.0. The minimum absolute atomic E-state index is 0.365. The first-order valence-corrected chi connectivity index (χ1v) is 8.78. The van der Waals surface area contributed by atoms with E-state index in [0.29, 0.717) is 26.5 Å². The molecule has 0 spiro atoms. The average Bonchev–Trinajstić information content (AvgIpc) is 3.10. The monoisotopic (exact) mass is 418 g/mol. The van der Waals surface area contributed by atoms with Gasteiger partial charge in [0.2, 0.25) is 12.0 Å². The van der Waals surface area contributed by atoms with E-state index in [1.165, 1.54) is 0 Å². The molecule has 2 heterocycles. The number of imide groups is 1. The van der Waals surface area contributed by atoms with E-state index < -0.39 is 17.9 Å². The molecule has 126 valence electrons. The van der Waals surface area contributed by atoms with E-state index in [0.717, 1.165) is 10.5 Å². The Morgan fingerprint density at radius 2 is 1.92 bits per heavy atom. The molecule has 25 heavy (non-hydrogen) atoms. The molecule has 4 rings (SSSR count). The minimum atomic E-state index is -0.952. The molecule has 2 amide bonds. The highest BCUT2D eigenvalue weighted by Crippen LogP contribution is 2.38. The van der Waals surface area contributed by atoms with Gasteiger partial charge < -0.3 is 4.84 Å². The molecule has 5 nitrogen and oxygen atoms in total.